The van der Waals surface area contributed by atoms with E-state index in [1.807, 2.05) is 19.0 Å². The maximum atomic E-state index is 8.97. The minimum Gasteiger partial charge on any atom is -0.480 e. The maximum absolute atomic E-state index is 8.97. The predicted octanol–water partition coefficient (Wildman–Crippen LogP) is 1.72. The number of aliphatic hydroxyl groups excluding tert-OH is 1. The molecular weight excluding hydrogens is 262 g/mol. The molecule has 0 aliphatic heterocycles. The van der Waals surface area contributed by atoms with Crippen LogP contribution in [0.4, 0.5) is 5.13 Å². The van der Waals surface area contributed by atoms with Gasteiger partial charge in [0.05, 0.1) is 12.0 Å². The molecule has 0 aliphatic rings. The summed E-state index contributed by atoms with van der Waals surface area (Å²) < 4.78 is 5.30. The monoisotopic (exact) mass is 287 g/mol. The van der Waals surface area contributed by atoms with Gasteiger partial charge >= 0.3 is 0 Å². The van der Waals surface area contributed by atoms with Gasteiger partial charge in [0.15, 0.2) is 5.13 Å². The van der Waals surface area contributed by atoms with Crippen molar-refractivity contribution in [3.8, 4) is 5.88 Å². The molecule has 19 heavy (non-hydrogen) atoms. The van der Waals surface area contributed by atoms with Gasteiger partial charge in [-0.1, -0.05) is 24.7 Å². The van der Waals surface area contributed by atoms with Crippen LogP contribution in [-0.4, -0.2) is 44.4 Å². The van der Waals surface area contributed by atoms with Crippen LogP contribution in [0.1, 0.15) is 24.6 Å². The highest BCUT2D eigenvalue weighted by Crippen LogP contribution is 2.30. The molecule has 1 atom stereocenters. The Balaban J connectivity index is 2.52. The van der Waals surface area contributed by atoms with Gasteiger partial charge in [-0.2, -0.15) is 4.98 Å². The highest BCUT2D eigenvalue weighted by atomic mass is 32.1. The van der Waals surface area contributed by atoms with Crippen LogP contribution in [0.25, 0.3) is 0 Å². The van der Waals surface area contributed by atoms with Crippen molar-refractivity contribution in [2.24, 2.45) is 5.92 Å². The zero-order chi connectivity index (χ0) is 14.3. The summed E-state index contributed by atoms with van der Waals surface area (Å²) in [7, 11) is 5.60. The lowest BCUT2D eigenvalue weighted by atomic mass is 10.0. The second-order valence-corrected chi connectivity index (χ2v) is 5.80. The Labute approximate surface area is 119 Å². The number of hydrogen-bond acceptors (Lipinski definition) is 6. The molecule has 0 amide bonds. The lowest BCUT2D eigenvalue weighted by Crippen LogP contribution is -2.22. The summed E-state index contributed by atoms with van der Waals surface area (Å²) in [5.41, 5.74) is 0. The Morgan fingerprint density at radius 2 is 2.21 bits per heavy atom. The number of aliphatic hydroxyl groups is 1. The number of aromatic nitrogens is 1. The smallest absolute Gasteiger partial charge is 0.230 e. The van der Waals surface area contributed by atoms with Crippen LogP contribution in [0.15, 0.2) is 0 Å². The maximum Gasteiger partial charge on any atom is 0.230 e. The Bertz CT molecular complexity index is 369. The summed E-state index contributed by atoms with van der Waals surface area (Å²) in [4.78, 5) is 7.52. The molecule has 0 saturated heterocycles. The fraction of sp³-hybridized carbons (Fsp3) is 0.769. The van der Waals surface area contributed by atoms with Crippen LogP contribution in [0.2, 0.25) is 0 Å². The molecule has 2 N–H and O–H groups in total. The fourth-order valence-electron chi connectivity index (χ4n) is 1.81. The van der Waals surface area contributed by atoms with Crippen molar-refractivity contribution in [2.75, 3.05) is 39.3 Å². The van der Waals surface area contributed by atoms with Crippen molar-refractivity contribution in [2.45, 2.75) is 26.3 Å². The van der Waals surface area contributed by atoms with Crippen molar-refractivity contribution in [3.05, 3.63) is 4.88 Å². The molecule has 1 rings (SSSR count). The minimum absolute atomic E-state index is 0.259. The molecule has 1 unspecified atom stereocenters. The van der Waals surface area contributed by atoms with Gasteiger partial charge in [-0.15, -0.1) is 0 Å². The lowest BCUT2D eigenvalue weighted by Gasteiger charge is -2.13. The average Bonchev–Trinajstić information content (AvgIpc) is 2.81. The molecule has 5 nitrogen and oxygen atoms in total. The molecule has 0 fully saturated rings. The van der Waals surface area contributed by atoms with E-state index in [4.69, 9.17) is 9.84 Å². The molecule has 6 heteroatoms. The van der Waals surface area contributed by atoms with Gasteiger partial charge in [0, 0.05) is 27.2 Å². The van der Waals surface area contributed by atoms with Crippen LogP contribution >= 0.6 is 11.3 Å². The zero-order valence-corrected chi connectivity index (χ0v) is 13.1. The van der Waals surface area contributed by atoms with Crippen molar-refractivity contribution >= 4 is 16.5 Å². The molecule has 110 valence electrons. The number of rotatable bonds is 9. The van der Waals surface area contributed by atoms with Crippen molar-refractivity contribution < 1.29 is 9.84 Å². The van der Waals surface area contributed by atoms with Gasteiger partial charge < -0.3 is 20.1 Å². The first-order chi connectivity index (χ1) is 9.12. The summed E-state index contributed by atoms with van der Waals surface area (Å²) in [6, 6.07) is 0. The van der Waals surface area contributed by atoms with Crippen LogP contribution in [0.5, 0.6) is 5.88 Å². The second-order valence-electron chi connectivity index (χ2n) is 4.74. The van der Waals surface area contributed by atoms with Gasteiger partial charge in [0.1, 0.15) is 0 Å². The number of hydrogen-bond donors (Lipinski definition) is 2. The first kappa shape index (κ1) is 16.2. The van der Waals surface area contributed by atoms with E-state index in [0.29, 0.717) is 11.8 Å². The molecular formula is C13H25N3O2S. The minimum atomic E-state index is 0.259. The SMILES string of the molecule is CCC(CCO)CNCc1sc(N(C)C)nc1OC. The number of nitrogens with zero attached hydrogens (tertiary/aromatic N) is 2. The van der Waals surface area contributed by atoms with Crippen LogP contribution in [-0.2, 0) is 6.54 Å². The van der Waals surface area contributed by atoms with E-state index in [1.54, 1.807) is 18.4 Å². The number of nitrogens with one attached hydrogen (secondary N) is 1. The summed E-state index contributed by atoms with van der Waals surface area (Å²) >= 11 is 1.64. The van der Waals surface area contributed by atoms with Gasteiger partial charge in [-0.3, -0.25) is 0 Å². The van der Waals surface area contributed by atoms with E-state index >= 15 is 0 Å². The number of methoxy groups -OCH3 is 1. The Morgan fingerprint density at radius 1 is 1.47 bits per heavy atom. The molecule has 1 aromatic heterocycles. The van der Waals surface area contributed by atoms with Gasteiger partial charge in [-0.25, -0.2) is 0 Å². The summed E-state index contributed by atoms with van der Waals surface area (Å²) in [6.07, 6.45) is 1.93. The summed E-state index contributed by atoms with van der Waals surface area (Å²) in [5, 5.41) is 13.3. The normalized spacial score (nSPS) is 12.5. The Morgan fingerprint density at radius 3 is 2.74 bits per heavy atom. The van der Waals surface area contributed by atoms with Crippen molar-refractivity contribution in [1.29, 1.82) is 0 Å². The second kappa shape index (κ2) is 8.35. The third-order valence-corrected chi connectivity index (χ3v) is 4.26. The molecule has 1 aromatic rings. The van der Waals surface area contributed by atoms with E-state index in [2.05, 4.69) is 17.2 Å². The molecule has 0 spiro atoms. The quantitative estimate of drug-likeness (QED) is 0.724. The third kappa shape index (κ3) is 4.97. The van der Waals surface area contributed by atoms with E-state index in [-0.39, 0.29) is 6.61 Å². The number of ether oxygens (including phenoxy) is 1. The van der Waals surface area contributed by atoms with Gasteiger partial charge in [0.2, 0.25) is 5.88 Å². The first-order valence-corrected chi connectivity index (χ1v) is 7.46. The molecule has 0 aromatic carbocycles. The number of thiazole rings is 1. The summed E-state index contributed by atoms with van der Waals surface area (Å²) in [6.45, 7) is 4.08. The van der Waals surface area contributed by atoms with E-state index in [1.165, 1.54) is 0 Å². The Hall–Kier alpha value is -0.850. The lowest BCUT2D eigenvalue weighted by molar-refractivity contribution is 0.251. The molecule has 0 radical (unpaired) electrons. The van der Waals surface area contributed by atoms with E-state index < -0.39 is 0 Å². The topological polar surface area (TPSA) is 57.6 Å². The number of anilines is 1. The van der Waals surface area contributed by atoms with Crippen molar-refractivity contribution in [3.63, 3.8) is 0 Å². The first-order valence-electron chi connectivity index (χ1n) is 6.64. The molecule has 1 heterocycles. The molecule has 0 saturated carbocycles. The van der Waals surface area contributed by atoms with E-state index in [9.17, 15) is 0 Å². The average molecular weight is 287 g/mol. The molecule has 0 aliphatic carbocycles. The van der Waals surface area contributed by atoms with Crippen LogP contribution in [0, 0.1) is 5.92 Å². The summed E-state index contributed by atoms with van der Waals surface area (Å²) in [5.74, 6) is 1.23. The fourth-order valence-corrected chi connectivity index (χ4v) is 2.73. The highest BCUT2D eigenvalue weighted by Gasteiger charge is 2.13. The van der Waals surface area contributed by atoms with Crippen molar-refractivity contribution in [1.82, 2.24) is 10.3 Å². The Kier molecular flexibility index (Phi) is 7.12. The molecule has 0 bridgehead atoms. The van der Waals surface area contributed by atoms with Gasteiger partial charge in [-0.05, 0) is 18.9 Å². The largest absolute Gasteiger partial charge is 0.480 e. The zero-order valence-electron chi connectivity index (χ0n) is 12.3. The third-order valence-electron chi connectivity index (χ3n) is 3.06. The predicted molar refractivity (Wildman–Crippen MR) is 80.2 cm³/mol. The van der Waals surface area contributed by atoms with Crippen LogP contribution < -0.4 is 15.0 Å². The highest BCUT2D eigenvalue weighted by molar-refractivity contribution is 7.15. The standard InChI is InChI=1S/C13H25N3O2S/c1-5-10(6-7-17)8-14-9-11-12(18-4)15-13(19-11)16(2)3/h10,14,17H,5-9H2,1-4H3. The van der Waals surface area contributed by atoms with Crippen LogP contribution in [0.3, 0.4) is 0 Å². The van der Waals surface area contributed by atoms with Gasteiger partial charge in [0.25, 0.3) is 0 Å². The van der Waals surface area contributed by atoms with E-state index in [0.717, 1.165) is 35.9 Å².